The summed E-state index contributed by atoms with van der Waals surface area (Å²) < 4.78 is 11.0. The molecular formula is C24H23N3O4S. The third kappa shape index (κ3) is 4.65. The molecule has 7 nitrogen and oxygen atoms in total. The van der Waals surface area contributed by atoms with Gasteiger partial charge < -0.3 is 19.9 Å². The van der Waals surface area contributed by atoms with Crippen molar-refractivity contribution in [1.82, 2.24) is 9.97 Å². The van der Waals surface area contributed by atoms with Gasteiger partial charge in [-0.15, -0.1) is 11.3 Å². The fraction of sp³-hybridized carbons (Fsp3) is 0.208. The number of thiophene rings is 1. The number of fused-ring (bicyclic) bond motifs is 1. The van der Waals surface area contributed by atoms with Gasteiger partial charge in [-0.05, 0) is 41.8 Å². The number of hydrogen-bond acceptors (Lipinski definition) is 7. The van der Waals surface area contributed by atoms with Gasteiger partial charge in [0.1, 0.15) is 23.6 Å². The fourth-order valence-corrected chi connectivity index (χ4v) is 4.39. The van der Waals surface area contributed by atoms with Gasteiger partial charge in [0.15, 0.2) is 4.88 Å². The maximum Gasteiger partial charge on any atom is 0.349 e. The summed E-state index contributed by atoms with van der Waals surface area (Å²) in [5.74, 6) is 0.869. The molecule has 4 aromatic rings. The third-order valence-electron chi connectivity index (χ3n) is 4.96. The van der Waals surface area contributed by atoms with Crippen LogP contribution in [0.15, 0.2) is 54.9 Å². The van der Waals surface area contributed by atoms with Crippen molar-refractivity contribution in [2.24, 2.45) is 0 Å². The first-order valence-corrected chi connectivity index (χ1v) is 11.0. The SMILES string of the molecule is CCOc1cc(-c2cc(NCCc3cc4ccccc4cc3OC)ncn2)sc1C(=O)O. The Balaban J connectivity index is 1.49. The Morgan fingerprint density at radius 2 is 1.88 bits per heavy atom. The van der Waals surface area contributed by atoms with Gasteiger partial charge in [-0.25, -0.2) is 14.8 Å². The minimum atomic E-state index is -1.01. The van der Waals surface area contributed by atoms with Crippen molar-refractivity contribution in [2.75, 3.05) is 25.6 Å². The van der Waals surface area contributed by atoms with Crippen LogP contribution in [0.5, 0.6) is 11.5 Å². The second-order valence-corrected chi connectivity index (χ2v) is 8.07. The van der Waals surface area contributed by atoms with E-state index in [1.807, 2.05) is 25.1 Å². The molecule has 0 aliphatic carbocycles. The van der Waals surface area contributed by atoms with Crippen LogP contribution in [0.4, 0.5) is 5.82 Å². The highest BCUT2D eigenvalue weighted by atomic mass is 32.1. The van der Waals surface area contributed by atoms with Gasteiger partial charge in [-0.1, -0.05) is 24.3 Å². The quantitative estimate of drug-likeness (QED) is 0.366. The molecule has 0 bridgehead atoms. The number of benzene rings is 2. The van der Waals surface area contributed by atoms with E-state index >= 15 is 0 Å². The summed E-state index contributed by atoms with van der Waals surface area (Å²) in [6, 6.07) is 15.9. The molecule has 0 spiro atoms. The van der Waals surface area contributed by atoms with Crippen molar-refractivity contribution >= 4 is 33.9 Å². The Hall–Kier alpha value is -3.65. The minimum Gasteiger partial charge on any atom is -0.496 e. The number of nitrogens with one attached hydrogen (secondary N) is 1. The van der Waals surface area contributed by atoms with E-state index < -0.39 is 5.97 Å². The second kappa shape index (κ2) is 9.65. The molecule has 4 rings (SSSR count). The molecule has 0 aliphatic rings. The van der Waals surface area contributed by atoms with Crippen LogP contribution in [0.3, 0.4) is 0 Å². The summed E-state index contributed by atoms with van der Waals surface area (Å²) in [4.78, 5) is 21.0. The number of carboxylic acids is 1. The molecule has 0 saturated heterocycles. The Kier molecular flexibility index (Phi) is 6.51. The van der Waals surface area contributed by atoms with Crippen molar-refractivity contribution in [3.8, 4) is 22.1 Å². The first-order chi connectivity index (χ1) is 15.6. The Morgan fingerprint density at radius 3 is 2.59 bits per heavy atom. The molecule has 2 aromatic heterocycles. The summed E-state index contributed by atoms with van der Waals surface area (Å²) in [5, 5.41) is 15.1. The van der Waals surface area contributed by atoms with E-state index in [0.29, 0.717) is 35.3 Å². The summed E-state index contributed by atoms with van der Waals surface area (Å²) in [6.07, 6.45) is 2.22. The maximum atomic E-state index is 11.5. The monoisotopic (exact) mass is 449 g/mol. The normalized spacial score (nSPS) is 10.8. The zero-order valence-electron chi connectivity index (χ0n) is 17.8. The van der Waals surface area contributed by atoms with Gasteiger partial charge in [-0.3, -0.25) is 0 Å². The predicted molar refractivity (Wildman–Crippen MR) is 126 cm³/mol. The molecule has 2 N–H and O–H groups in total. The molecule has 0 fully saturated rings. The molecule has 2 heterocycles. The number of rotatable bonds is 9. The number of aromatic carboxylic acids is 1. The summed E-state index contributed by atoms with van der Waals surface area (Å²) in [5.41, 5.74) is 1.75. The van der Waals surface area contributed by atoms with E-state index in [2.05, 4.69) is 39.6 Å². The van der Waals surface area contributed by atoms with Crippen LogP contribution in [0.2, 0.25) is 0 Å². The van der Waals surface area contributed by atoms with Crippen molar-refractivity contribution in [1.29, 1.82) is 0 Å². The first-order valence-electron chi connectivity index (χ1n) is 10.2. The van der Waals surface area contributed by atoms with Gasteiger partial charge in [0.25, 0.3) is 0 Å². The number of carboxylic acid groups (broad SMARTS) is 1. The topological polar surface area (TPSA) is 93.6 Å². The van der Waals surface area contributed by atoms with E-state index in [4.69, 9.17) is 9.47 Å². The number of hydrogen-bond donors (Lipinski definition) is 2. The van der Waals surface area contributed by atoms with Crippen LogP contribution in [-0.2, 0) is 6.42 Å². The zero-order chi connectivity index (χ0) is 22.5. The van der Waals surface area contributed by atoms with Crippen LogP contribution < -0.4 is 14.8 Å². The van der Waals surface area contributed by atoms with Gasteiger partial charge in [0.2, 0.25) is 0 Å². The second-order valence-electron chi connectivity index (χ2n) is 7.02. The third-order valence-corrected chi connectivity index (χ3v) is 6.09. The van der Waals surface area contributed by atoms with Crippen LogP contribution in [0, 0.1) is 0 Å². The van der Waals surface area contributed by atoms with Gasteiger partial charge in [-0.2, -0.15) is 0 Å². The van der Waals surface area contributed by atoms with Crippen LogP contribution >= 0.6 is 11.3 Å². The highest BCUT2D eigenvalue weighted by molar-refractivity contribution is 7.17. The Morgan fingerprint density at radius 1 is 1.09 bits per heavy atom. The van der Waals surface area contributed by atoms with E-state index in [9.17, 15) is 9.90 Å². The lowest BCUT2D eigenvalue weighted by Crippen LogP contribution is -2.07. The molecule has 0 atom stereocenters. The smallest absolute Gasteiger partial charge is 0.349 e. The fourth-order valence-electron chi connectivity index (χ4n) is 3.48. The average Bonchev–Trinajstić information content (AvgIpc) is 3.23. The molecule has 164 valence electrons. The molecule has 0 amide bonds. The highest BCUT2D eigenvalue weighted by Crippen LogP contribution is 2.36. The standard InChI is InChI=1S/C24H23N3O4S/c1-3-31-20-13-21(32-23(20)24(28)29)18-12-22(27-14-26-18)25-9-8-17-10-15-6-4-5-7-16(15)11-19(17)30-2/h4-7,10-14H,3,8-9H2,1-2H3,(H,28,29)(H,25,26,27). The number of nitrogens with zero attached hydrogens (tertiary/aromatic N) is 2. The number of methoxy groups -OCH3 is 1. The first kappa shape index (κ1) is 21.6. The molecule has 0 aliphatic heterocycles. The van der Waals surface area contributed by atoms with E-state index in [1.54, 1.807) is 13.2 Å². The number of carbonyl (C=O) groups is 1. The number of ether oxygens (including phenoxy) is 2. The van der Waals surface area contributed by atoms with Gasteiger partial charge >= 0.3 is 5.97 Å². The van der Waals surface area contributed by atoms with Crippen molar-refractivity contribution < 1.29 is 19.4 Å². The Bertz CT molecular complexity index is 1260. The Labute approximate surface area is 189 Å². The molecule has 0 radical (unpaired) electrons. The molecule has 2 aromatic carbocycles. The predicted octanol–water partition coefficient (Wildman–Crippen LogP) is 5.12. The van der Waals surface area contributed by atoms with Crippen molar-refractivity contribution in [2.45, 2.75) is 13.3 Å². The summed E-state index contributed by atoms with van der Waals surface area (Å²) in [7, 11) is 1.68. The van der Waals surface area contributed by atoms with Crippen LogP contribution in [0.25, 0.3) is 21.3 Å². The lowest BCUT2D eigenvalue weighted by molar-refractivity contribution is 0.0698. The van der Waals surface area contributed by atoms with Crippen LogP contribution in [0.1, 0.15) is 22.2 Å². The van der Waals surface area contributed by atoms with E-state index in [-0.39, 0.29) is 4.88 Å². The molecule has 0 unspecified atom stereocenters. The summed E-state index contributed by atoms with van der Waals surface area (Å²) >= 11 is 1.14. The lowest BCUT2D eigenvalue weighted by atomic mass is 10.0. The molecule has 0 saturated carbocycles. The van der Waals surface area contributed by atoms with Crippen molar-refractivity contribution in [3.05, 3.63) is 65.3 Å². The number of anilines is 1. The van der Waals surface area contributed by atoms with Gasteiger partial charge in [0, 0.05) is 18.7 Å². The average molecular weight is 450 g/mol. The number of aromatic nitrogens is 2. The summed E-state index contributed by atoms with van der Waals surface area (Å²) in [6.45, 7) is 2.87. The molecular weight excluding hydrogens is 426 g/mol. The molecule has 8 heteroatoms. The molecule has 32 heavy (non-hydrogen) atoms. The zero-order valence-corrected chi connectivity index (χ0v) is 18.6. The largest absolute Gasteiger partial charge is 0.496 e. The van der Waals surface area contributed by atoms with Crippen molar-refractivity contribution in [3.63, 3.8) is 0 Å². The maximum absolute atomic E-state index is 11.5. The lowest BCUT2D eigenvalue weighted by Gasteiger charge is -2.11. The van der Waals surface area contributed by atoms with E-state index in [0.717, 1.165) is 34.5 Å². The van der Waals surface area contributed by atoms with Gasteiger partial charge in [0.05, 0.1) is 24.3 Å². The highest BCUT2D eigenvalue weighted by Gasteiger charge is 2.18. The minimum absolute atomic E-state index is 0.165. The van der Waals surface area contributed by atoms with E-state index in [1.165, 1.54) is 11.7 Å². The van der Waals surface area contributed by atoms with Crippen LogP contribution in [-0.4, -0.2) is 41.3 Å².